The standard InChI is InChI=1S/C22H19NO5/c1-13(24)12-27-16-4-6-17-20(10-16)28-21(22(17)25)8-14-11-23(2)19-7-5-15(26-3)9-18(14)19/h4-11H,12H2,1-3H3/b21-8-. The molecule has 3 aromatic rings. The van der Waals surface area contributed by atoms with Crippen LogP contribution < -0.4 is 14.2 Å². The maximum Gasteiger partial charge on any atom is 0.231 e. The van der Waals surface area contributed by atoms with Gasteiger partial charge in [0.1, 0.15) is 23.9 Å². The van der Waals surface area contributed by atoms with Gasteiger partial charge in [0, 0.05) is 35.8 Å². The summed E-state index contributed by atoms with van der Waals surface area (Å²) >= 11 is 0. The molecule has 0 spiro atoms. The SMILES string of the molecule is COc1ccc2c(c1)c(/C=C1\Oc3cc(OCC(C)=O)ccc3C1=O)cn2C. The van der Waals surface area contributed by atoms with Gasteiger partial charge in [-0.1, -0.05) is 0 Å². The lowest BCUT2D eigenvalue weighted by molar-refractivity contribution is -0.118. The van der Waals surface area contributed by atoms with Crippen LogP contribution in [0.25, 0.3) is 17.0 Å². The lowest BCUT2D eigenvalue weighted by Gasteiger charge is -2.04. The minimum Gasteiger partial charge on any atom is -0.497 e. The van der Waals surface area contributed by atoms with Gasteiger partial charge in [-0.2, -0.15) is 0 Å². The van der Waals surface area contributed by atoms with E-state index in [4.69, 9.17) is 14.2 Å². The van der Waals surface area contributed by atoms with E-state index < -0.39 is 0 Å². The van der Waals surface area contributed by atoms with Crippen LogP contribution in [0.1, 0.15) is 22.8 Å². The van der Waals surface area contributed by atoms with Gasteiger partial charge < -0.3 is 18.8 Å². The largest absolute Gasteiger partial charge is 0.497 e. The van der Waals surface area contributed by atoms with Gasteiger partial charge in [-0.05, 0) is 43.3 Å². The zero-order valence-corrected chi connectivity index (χ0v) is 15.8. The molecule has 0 atom stereocenters. The number of carbonyl (C=O) groups excluding carboxylic acids is 2. The molecule has 2 aromatic carbocycles. The number of Topliss-reactive ketones (excluding diaryl/α,β-unsaturated/α-hetero) is 2. The number of fused-ring (bicyclic) bond motifs is 2. The van der Waals surface area contributed by atoms with Gasteiger partial charge in [0.25, 0.3) is 0 Å². The maximum absolute atomic E-state index is 12.7. The molecule has 0 amide bonds. The summed E-state index contributed by atoms with van der Waals surface area (Å²) in [6, 6.07) is 10.7. The number of aromatic nitrogens is 1. The molecule has 2 heterocycles. The van der Waals surface area contributed by atoms with E-state index in [0.717, 1.165) is 22.2 Å². The summed E-state index contributed by atoms with van der Waals surface area (Å²) in [6.07, 6.45) is 3.68. The molecule has 0 fully saturated rings. The molecule has 0 saturated heterocycles. The molecule has 4 rings (SSSR count). The van der Waals surface area contributed by atoms with Crippen LogP contribution in [0.5, 0.6) is 17.2 Å². The van der Waals surface area contributed by atoms with Crippen molar-refractivity contribution < 1.29 is 23.8 Å². The molecule has 0 radical (unpaired) electrons. The highest BCUT2D eigenvalue weighted by molar-refractivity contribution is 6.15. The predicted molar refractivity (Wildman–Crippen MR) is 105 cm³/mol. The molecule has 1 aliphatic heterocycles. The predicted octanol–water partition coefficient (Wildman–Crippen LogP) is 3.77. The van der Waals surface area contributed by atoms with Crippen LogP contribution in [0.3, 0.4) is 0 Å². The summed E-state index contributed by atoms with van der Waals surface area (Å²) in [5.41, 5.74) is 2.36. The lowest BCUT2D eigenvalue weighted by Crippen LogP contribution is -2.06. The molecule has 1 aliphatic rings. The fraction of sp³-hybridized carbons (Fsp3) is 0.182. The van der Waals surface area contributed by atoms with E-state index in [1.54, 1.807) is 31.4 Å². The van der Waals surface area contributed by atoms with Crippen LogP contribution in [0.2, 0.25) is 0 Å². The van der Waals surface area contributed by atoms with Crippen LogP contribution in [-0.2, 0) is 11.8 Å². The fourth-order valence-corrected chi connectivity index (χ4v) is 3.23. The second-order valence-electron chi connectivity index (χ2n) is 6.67. The van der Waals surface area contributed by atoms with Crippen molar-refractivity contribution in [3.63, 3.8) is 0 Å². The van der Waals surface area contributed by atoms with Gasteiger partial charge in [-0.15, -0.1) is 0 Å². The quantitative estimate of drug-likeness (QED) is 0.633. The van der Waals surface area contributed by atoms with Crippen LogP contribution >= 0.6 is 0 Å². The molecule has 1 aromatic heterocycles. The van der Waals surface area contributed by atoms with E-state index in [-0.39, 0.29) is 23.9 Å². The third kappa shape index (κ3) is 3.13. The van der Waals surface area contributed by atoms with E-state index in [1.807, 2.05) is 36.0 Å². The molecule has 0 unspecified atom stereocenters. The van der Waals surface area contributed by atoms with Crippen molar-refractivity contribution in [3.05, 3.63) is 59.5 Å². The lowest BCUT2D eigenvalue weighted by atomic mass is 10.1. The molecular weight excluding hydrogens is 358 g/mol. The first-order valence-corrected chi connectivity index (χ1v) is 8.80. The fourth-order valence-electron chi connectivity index (χ4n) is 3.23. The van der Waals surface area contributed by atoms with Crippen molar-refractivity contribution in [1.29, 1.82) is 0 Å². The van der Waals surface area contributed by atoms with Crippen LogP contribution in [-0.4, -0.2) is 29.9 Å². The second-order valence-corrected chi connectivity index (χ2v) is 6.67. The van der Waals surface area contributed by atoms with E-state index in [9.17, 15) is 9.59 Å². The number of aryl methyl sites for hydroxylation is 1. The number of methoxy groups -OCH3 is 1. The van der Waals surface area contributed by atoms with E-state index >= 15 is 0 Å². The Morgan fingerprint density at radius 2 is 1.96 bits per heavy atom. The third-order valence-electron chi connectivity index (χ3n) is 4.60. The molecule has 6 heteroatoms. The van der Waals surface area contributed by atoms with Crippen molar-refractivity contribution in [1.82, 2.24) is 4.57 Å². The minimum absolute atomic E-state index is 0.0206. The monoisotopic (exact) mass is 377 g/mol. The summed E-state index contributed by atoms with van der Waals surface area (Å²) < 4.78 is 18.5. The van der Waals surface area contributed by atoms with Crippen molar-refractivity contribution >= 4 is 28.5 Å². The van der Waals surface area contributed by atoms with Crippen LogP contribution in [0, 0.1) is 0 Å². The smallest absolute Gasteiger partial charge is 0.231 e. The molecule has 0 saturated carbocycles. The average molecular weight is 377 g/mol. The topological polar surface area (TPSA) is 66.8 Å². The average Bonchev–Trinajstić information content (AvgIpc) is 3.16. The number of hydrogen-bond acceptors (Lipinski definition) is 5. The molecule has 28 heavy (non-hydrogen) atoms. The van der Waals surface area contributed by atoms with Gasteiger partial charge in [-0.3, -0.25) is 9.59 Å². The number of benzene rings is 2. The summed E-state index contributed by atoms with van der Waals surface area (Å²) in [5, 5.41) is 0.965. The van der Waals surface area contributed by atoms with Gasteiger partial charge in [0.15, 0.2) is 11.5 Å². The third-order valence-corrected chi connectivity index (χ3v) is 4.60. The van der Waals surface area contributed by atoms with Crippen molar-refractivity contribution in [2.45, 2.75) is 6.92 Å². The Morgan fingerprint density at radius 1 is 1.18 bits per heavy atom. The Kier molecular flexibility index (Phi) is 4.39. The van der Waals surface area contributed by atoms with Gasteiger partial charge >= 0.3 is 0 Å². The van der Waals surface area contributed by atoms with Gasteiger partial charge in [-0.25, -0.2) is 0 Å². The number of nitrogens with zero attached hydrogens (tertiary/aromatic N) is 1. The summed E-state index contributed by atoms with van der Waals surface area (Å²) in [7, 11) is 3.57. The number of ether oxygens (including phenoxy) is 3. The first kappa shape index (κ1) is 17.9. The molecule has 142 valence electrons. The Bertz CT molecular complexity index is 1140. The summed E-state index contributed by atoms with van der Waals surface area (Å²) in [4.78, 5) is 23.8. The highest BCUT2D eigenvalue weighted by Gasteiger charge is 2.28. The molecule has 0 N–H and O–H groups in total. The first-order chi connectivity index (χ1) is 13.5. The van der Waals surface area contributed by atoms with Crippen LogP contribution in [0.4, 0.5) is 0 Å². The zero-order chi connectivity index (χ0) is 19.8. The van der Waals surface area contributed by atoms with E-state index in [2.05, 4.69) is 0 Å². The Balaban J connectivity index is 1.68. The van der Waals surface area contributed by atoms with E-state index in [1.165, 1.54) is 6.92 Å². The molecular formula is C22H19NO5. The van der Waals surface area contributed by atoms with Gasteiger partial charge in [0.2, 0.25) is 5.78 Å². The van der Waals surface area contributed by atoms with Crippen molar-refractivity contribution in [2.75, 3.05) is 13.7 Å². The Labute approximate surface area is 161 Å². The maximum atomic E-state index is 12.7. The molecule has 0 bridgehead atoms. The van der Waals surface area contributed by atoms with Crippen molar-refractivity contribution in [3.8, 4) is 17.2 Å². The normalized spacial score (nSPS) is 14.2. The van der Waals surface area contributed by atoms with Gasteiger partial charge in [0.05, 0.1) is 12.7 Å². The first-order valence-electron chi connectivity index (χ1n) is 8.80. The highest BCUT2D eigenvalue weighted by atomic mass is 16.5. The number of rotatable bonds is 5. The summed E-state index contributed by atoms with van der Waals surface area (Å²) in [5.74, 6) is 1.63. The molecule has 6 nitrogen and oxygen atoms in total. The van der Waals surface area contributed by atoms with E-state index in [0.29, 0.717) is 17.1 Å². The zero-order valence-electron chi connectivity index (χ0n) is 15.8. The number of ketones is 2. The minimum atomic E-state index is -0.187. The molecule has 0 aliphatic carbocycles. The summed E-state index contributed by atoms with van der Waals surface area (Å²) in [6.45, 7) is 1.43. The number of carbonyl (C=O) groups is 2. The number of hydrogen-bond donors (Lipinski definition) is 0. The van der Waals surface area contributed by atoms with Crippen LogP contribution in [0.15, 0.2) is 48.4 Å². The second kappa shape index (κ2) is 6.88. The van der Waals surface area contributed by atoms with Crippen molar-refractivity contribution in [2.24, 2.45) is 7.05 Å². The Hall–Kier alpha value is -3.54. The number of allylic oxidation sites excluding steroid dienone is 1. The highest BCUT2D eigenvalue weighted by Crippen LogP contribution is 2.36. The Morgan fingerprint density at radius 3 is 2.71 bits per heavy atom.